The molecule has 0 fully saturated rings. The van der Waals surface area contributed by atoms with E-state index < -0.39 is 5.97 Å². The molecule has 0 amide bonds. The molecule has 0 radical (unpaired) electrons. The van der Waals surface area contributed by atoms with Crippen molar-refractivity contribution in [2.75, 3.05) is 11.5 Å². The largest absolute Gasteiger partial charge is 0.481 e. The van der Waals surface area contributed by atoms with Gasteiger partial charge < -0.3 is 5.11 Å². The number of rotatable bonds is 18. The molecule has 4 heteroatoms. The highest BCUT2D eigenvalue weighted by molar-refractivity contribution is 8.00. The van der Waals surface area contributed by atoms with Gasteiger partial charge >= 0.3 is 5.97 Å². The molecule has 0 aliphatic heterocycles. The third-order valence-corrected chi connectivity index (χ3v) is 9.70. The van der Waals surface area contributed by atoms with Gasteiger partial charge in [0.2, 0.25) is 0 Å². The van der Waals surface area contributed by atoms with Gasteiger partial charge in [-0.2, -0.15) is 23.5 Å². The molecule has 1 atom stereocenters. The average Bonchev–Trinajstić information content (AvgIpc) is 3.05. The van der Waals surface area contributed by atoms with E-state index in [4.69, 9.17) is 5.11 Å². The minimum atomic E-state index is -0.691. The lowest BCUT2D eigenvalue weighted by molar-refractivity contribution is -0.137. The second-order valence-electron chi connectivity index (χ2n) is 10.7. The van der Waals surface area contributed by atoms with Gasteiger partial charge in [0.25, 0.3) is 0 Å². The van der Waals surface area contributed by atoms with E-state index in [2.05, 4.69) is 133 Å². The third kappa shape index (κ3) is 13.1. The minimum Gasteiger partial charge on any atom is -0.481 e. The molecular formula is C39H42O2S2. The van der Waals surface area contributed by atoms with Crippen molar-refractivity contribution in [3.05, 3.63) is 143 Å². The van der Waals surface area contributed by atoms with Crippen molar-refractivity contribution in [3.8, 4) is 0 Å². The van der Waals surface area contributed by atoms with E-state index in [0.717, 1.165) is 49.4 Å². The lowest BCUT2D eigenvalue weighted by Crippen LogP contribution is -2.07. The first kappa shape index (κ1) is 32.4. The summed E-state index contributed by atoms with van der Waals surface area (Å²) < 4.78 is 0. The number of carboxylic acids is 1. The molecule has 1 N–H and O–H groups in total. The number of hydrogen-bond acceptors (Lipinski definition) is 3. The Labute approximate surface area is 266 Å². The van der Waals surface area contributed by atoms with Crippen LogP contribution in [0.1, 0.15) is 65.5 Å². The summed E-state index contributed by atoms with van der Waals surface area (Å²) in [6, 6.07) is 38.5. The minimum absolute atomic E-state index is 0.272. The standard InChI is InChI=1S/C39H42O2S2/c40-39(41)14-8-7-13-38(43-30-27-36-21-19-34(20-22-36)17-15-32-9-3-1-4-10-32)28-29-42-31-37-25-23-35(24-26-37)18-16-33-11-5-2-6-12-33/h1-6,9-12,15-26,38H,7-8,13-14,27-31H2,(H,40,41)/b17-15+,18-16+. The summed E-state index contributed by atoms with van der Waals surface area (Å²) in [6.45, 7) is 0. The first-order valence-electron chi connectivity index (χ1n) is 15.2. The Morgan fingerprint density at radius 2 is 1.12 bits per heavy atom. The first-order chi connectivity index (χ1) is 21.1. The van der Waals surface area contributed by atoms with E-state index in [1.54, 1.807) is 0 Å². The van der Waals surface area contributed by atoms with Gasteiger partial charge in [0.05, 0.1) is 0 Å². The molecule has 0 heterocycles. The van der Waals surface area contributed by atoms with Crippen LogP contribution in [-0.2, 0) is 17.0 Å². The second kappa shape index (κ2) is 18.9. The maximum Gasteiger partial charge on any atom is 0.303 e. The molecule has 1 unspecified atom stereocenters. The Balaban J connectivity index is 1.19. The molecule has 43 heavy (non-hydrogen) atoms. The summed E-state index contributed by atoms with van der Waals surface area (Å²) in [6.07, 6.45) is 13.9. The van der Waals surface area contributed by atoms with Crippen molar-refractivity contribution in [2.45, 2.75) is 49.5 Å². The number of hydrogen-bond donors (Lipinski definition) is 1. The predicted octanol–water partition coefficient (Wildman–Crippen LogP) is 10.6. The Morgan fingerprint density at radius 3 is 1.65 bits per heavy atom. The van der Waals surface area contributed by atoms with Crippen LogP contribution in [0.2, 0.25) is 0 Å². The summed E-state index contributed by atoms with van der Waals surface area (Å²) in [5, 5.41) is 9.59. The number of aliphatic carboxylic acids is 1. The van der Waals surface area contributed by atoms with Crippen LogP contribution in [-0.4, -0.2) is 27.8 Å². The zero-order chi connectivity index (χ0) is 30.0. The molecule has 0 aromatic heterocycles. The summed E-state index contributed by atoms with van der Waals surface area (Å²) in [7, 11) is 0. The maximum atomic E-state index is 11.0. The second-order valence-corrected chi connectivity index (χ2v) is 13.2. The van der Waals surface area contributed by atoms with Crippen LogP contribution < -0.4 is 0 Å². The molecule has 4 aromatic carbocycles. The lowest BCUT2D eigenvalue weighted by Gasteiger charge is -2.16. The van der Waals surface area contributed by atoms with Crippen molar-refractivity contribution < 1.29 is 9.90 Å². The molecule has 0 aliphatic carbocycles. The van der Waals surface area contributed by atoms with Gasteiger partial charge in [0.1, 0.15) is 0 Å². The van der Waals surface area contributed by atoms with Gasteiger partial charge in [0.15, 0.2) is 0 Å². The zero-order valence-corrected chi connectivity index (χ0v) is 26.4. The van der Waals surface area contributed by atoms with E-state index in [-0.39, 0.29) is 6.42 Å². The Morgan fingerprint density at radius 1 is 0.605 bits per heavy atom. The normalized spacial score (nSPS) is 12.2. The number of carbonyl (C=O) groups is 1. The highest BCUT2D eigenvalue weighted by Gasteiger charge is 2.10. The van der Waals surface area contributed by atoms with Crippen molar-refractivity contribution in [1.82, 2.24) is 0 Å². The van der Waals surface area contributed by atoms with E-state index in [0.29, 0.717) is 5.25 Å². The van der Waals surface area contributed by atoms with Crippen molar-refractivity contribution >= 4 is 53.8 Å². The third-order valence-electron chi connectivity index (χ3n) is 7.26. The van der Waals surface area contributed by atoms with Crippen LogP contribution in [0.25, 0.3) is 24.3 Å². The number of thioether (sulfide) groups is 2. The number of benzene rings is 4. The van der Waals surface area contributed by atoms with Crippen LogP contribution >= 0.6 is 23.5 Å². The summed E-state index contributed by atoms with van der Waals surface area (Å²) in [5.74, 6) is 2.54. The Bertz CT molecular complexity index is 1400. The average molecular weight is 607 g/mol. The van der Waals surface area contributed by atoms with Crippen molar-refractivity contribution in [3.63, 3.8) is 0 Å². The SMILES string of the molecule is O=C(O)CCCCC(CCSCc1ccc(/C=C/c2ccccc2)cc1)SCCc1ccc(/C=C/c2ccccc2)cc1. The van der Waals surface area contributed by atoms with Gasteiger partial charge in [-0.05, 0) is 70.6 Å². The fourth-order valence-corrected chi connectivity index (χ4v) is 7.22. The number of carboxylic acid groups (broad SMARTS) is 1. The van der Waals surface area contributed by atoms with Crippen LogP contribution in [0.5, 0.6) is 0 Å². The first-order valence-corrected chi connectivity index (χ1v) is 17.4. The summed E-state index contributed by atoms with van der Waals surface area (Å²) >= 11 is 4.05. The Hall–Kier alpha value is -3.47. The topological polar surface area (TPSA) is 37.3 Å². The Kier molecular flexibility index (Phi) is 14.3. The number of aryl methyl sites for hydroxylation is 1. The van der Waals surface area contributed by atoms with Crippen molar-refractivity contribution in [1.29, 1.82) is 0 Å². The van der Waals surface area contributed by atoms with Gasteiger partial charge in [-0.15, -0.1) is 0 Å². The quantitative estimate of drug-likeness (QED) is 0.0903. The van der Waals surface area contributed by atoms with Gasteiger partial charge in [0, 0.05) is 17.4 Å². The molecule has 2 nitrogen and oxygen atoms in total. The van der Waals surface area contributed by atoms with Gasteiger partial charge in [-0.25, -0.2) is 0 Å². The molecule has 0 bridgehead atoms. The smallest absolute Gasteiger partial charge is 0.303 e. The van der Waals surface area contributed by atoms with E-state index in [9.17, 15) is 4.79 Å². The highest BCUT2D eigenvalue weighted by atomic mass is 32.2. The highest BCUT2D eigenvalue weighted by Crippen LogP contribution is 2.26. The molecule has 4 rings (SSSR count). The maximum absolute atomic E-state index is 11.0. The van der Waals surface area contributed by atoms with Crippen LogP contribution in [0.4, 0.5) is 0 Å². The van der Waals surface area contributed by atoms with Gasteiger partial charge in [-0.1, -0.05) is 140 Å². The summed E-state index contributed by atoms with van der Waals surface area (Å²) in [5.41, 5.74) is 7.57. The molecule has 0 aliphatic rings. The van der Waals surface area contributed by atoms with E-state index in [1.165, 1.54) is 33.4 Å². The fourth-order valence-electron chi connectivity index (χ4n) is 4.74. The van der Waals surface area contributed by atoms with E-state index >= 15 is 0 Å². The monoisotopic (exact) mass is 606 g/mol. The predicted molar refractivity (Wildman–Crippen MR) is 190 cm³/mol. The van der Waals surface area contributed by atoms with E-state index in [1.807, 2.05) is 23.9 Å². The molecule has 0 spiro atoms. The number of unbranched alkanes of at least 4 members (excludes halogenated alkanes) is 1. The van der Waals surface area contributed by atoms with Gasteiger partial charge in [-0.3, -0.25) is 4.79 Å². The summed E-state index contributed by atoms with van der Waals surface area (Å²) in [4.78, 5) is 11.0. The molecule has 0 saturated heterocycles. The van der Waals surface area contributed by atoms with Crippen LogP contribution in [0.3, 0.4) is 0 Å². The van der Waals surface area contributed by atoms with Crippen LogP contribution in [0.15, 0.2) is 109 Å². The lowest BCUT2D eigenvalue weighted by atomic mass is 10.1. The fraction of sp³-hybridized carbons (Fsp3) is 0.256. The molecular weight excluding hydrogens is 565 g/mol. The van der Waals surface area contributed by atoms with Crippen molar-refractivity contribution in [2.24, 2.45) is 0 Å². The zero-order valence-electron chi connectivity index (χ0n) is 24.8. The molecule has 0 saturated carbocycles. The molecule has 222 valence electrons. The van der Waals surface area contributed by atoms with Crippen LogP contribution in [0, 0.1) is 0 Å². The molecule has 4 aromatic rings.